The number of carbonyl (C=O) groups is 2. The molecule has 0 atom stereocenters. The van der Waals surface area contributed by atoms with Crippen molar-refractivity contribution in [3.63, 3.8) is 0 Å². The number of benzene rings is 1. The molecule has 3 N–H and O–H groups in total. The van der Waals surface area contributed by atoms with Gasteiger partial charge >= 0.3 is 0 Å². The molecule has 0 saturated carbocycles. The number of hydrogen-bond acceptors (Lipinski definition) is 9. The van der Waals surface area contributed by atoms with E-state index in [4.69, 9.17) is 4.42 Å². The topological polar surface area (TPSA) is 139 Å². The highest BCUT2D eigenvalue weighted by molar-refractivity contribution is 7.99. The van der Waals surface area contributed by atoms with E-state index in [0.29, 0.717) is 34.8 Å². The Morgan fingerprint density at radius 1 is 1.16 bits per heavy atom. The van der Waals surface area contributed by atoms with Crippen LogP contribution in [0.1, 0.15) is 17.4 Å². The van der Waals surface area contributed by atoms with Crippen molar-refractivity contribution >= 4 is 51.1 Å². The van der Waals surface area contributed by atoms with Crippen LogP contribution in [-0.2, 0) is 28.9 Å². The van der Waals surface area contributed by atoms with Crippen LogP contribution in [-0.4, -0.2) is 49.8 Å². The van der Waals surface area contributed by atoms with Crippen LogP contribution in [0.4, 0.5) is 5.13 Å². The molecule has 0 fully saturated rings. The summed E-state index contributed by atoms with van der Waals surface area (Å²) in [7, 11) is 1.57. The van der Waals surface area contributed by atoms with Crippen LogP contribution in [0.25, 0.3) is 11.0 Å². The molecule has 10 nitrogen and oxygen atoms in total. The molecule has 0 saturated heterocycles. The monoisotopic (exact) mass is 457 g/mol. The number of H-pyrrole nitrogens is 1. The number of thioether (sulfide) groups is 1. The number of aryl methyl sites for hydroxylation is 2. The Bertz CT molecular complexity index is 1170. The summed E-state index contributed by atoms with van der Waals surface area (Å²) in [4.78, 5) is 35.5. The third-order valence-corrected chi connectivity index (χ3v) is 5.83. The minimum atomic E-state index is -0.243. The highest BCUT2D eigenvalue weighted by Gasteiger charge is 2.13. The zero-order valence-electron chi connectivity index (χ0n) is 16.5. The van der Waals surface area contributed by atoms with Crippen molar-refractivity contribution in [3.05, 3.63) is 47.1 Å². The number of fused-ring (bicyclic) bond motifs is 1. The second-order valence-corrected chi connectivity index (χ2v) is 8.28. The fourth-order valence-corrected chi connectivity index (χ4v) is 4.03. The predicted octanol–water partition coefficient (Wildman–Crippen LogP) is 2.21. The van der Waals surface area contributed by atoms with Crippen molar-refractivity contribution in [2.75, 3.05) is 18.1 Å². The first-order valence-electron chi connectivity index (χ1n) is 9.42. The van der Waals surface area contributed by atoms with Gasteiger partial charge in [-0.3, -0.25) is 9.59 Å². The number of thiazole rings is 1. The molecule has 0 spiro atoms. The predicted molar refractivity (Wildman–Crippen MR) is 117 cm³/mol. The molecular weight excluding hydrogens is 438 g/mol. The Labute approximate surface area is 185 Å². The van der Waals surface area contributed by atoms with Gasteiger partial charge < -0.3 is 20.0 Å². The highest BCUT2D eigenvalue weighted by atomic mass is 32.2. The zero-order chi connectivity index (χ0) is 21.6. The molecule has 12 heteroatoms. The van der Waals surface area contributed by atoms with E-state index < -0.39 is 0 Å². The molecule has 0 aliphatic carbocycles. The molecule has 0 aliphatic heterocycles. The second kappa shape index (κ2) is 9.71. The molecule has 1 aromatic carbocycles. The lowest BCUT2D eigenvalue weighted by atomic mass is 10.3. The molecule has 3 aromatic heterocycles. The number of rotatable bonds is 9. The molecule has 4 aromatic rings. The van der Waals surface area contributed by atoms with Gasteiger partial charge in [0.1, 0.15) is 5.82 Å². The van der Waals surface area contributed by atoms with Crippen LogP contribution >= 0.6 is 23.1 Å². The Balaban J connectivity index is 1.23. The van der Waals surface area contributed by atoms with Crippen molar-refractivity contribution < 1.29 is 14.0 Å². The summed E-state index contributed by atoms with van der Waals surface area (Å²) in [6, 6.07) is 7.84. The normalized spacial score (nSPS) is 11.0. The average molecular weight is 458 g/mol. The summed E-state index contributed by atoms with van der Waals surface area (Å²) >= 11 is 2.42. The summed E-state index contributed by atoms with van der Waals surface area (Å²) in [5.74, 6) is 1.07. The van der Waals surface area contributed by atoms with Gasteiger partial charge in [-0.05, 0) is 12.1 Å². The van der Waals surface area contributed by atoms with E-state index >= 15 is 0 Å². The quantitative estimate of drug-likeness (QED) is 0.325. The fourth-order valence-electron chi connectivity index (χ4n) is 2.73. The summed E-state index contributed by atoms with van der Waals surface area (Å²) in [6.45, 7) is 0. The molecule has 160 valence electrons. The SMILES string of the molecule is CNC(=O)Cc1csc(NC(=O)CSc2nnc(CCc3nc4ccccc4[nH]3)o2)n1. The number of likely N-dealkylation sites (N-methyl/N-ethyl adjacent to an activating group) is 1. The Morgan fingerprint density at radius 3 is 2.87 bits per heavy atom. The van der Waals surface area contributed by atoms with Gasteiger partial charge in [0.25, 0.3) is 5.22 Å². The molecule has 4 rings (SSSR count). The Morgan fingerprint density at radius 2 is 2.03 bits per heavy atom. The van der Waals surface area contributed by atoms with Crippen molar-refractivity contribution in [2.24, 2.45) is 0 Å². The Hall–Kier alpha value is -3.25. The maximum atomic E-state index is 12.1. The third kappa shape index (κ3) is 5.67. The average Bonchev–Trinajstić information content (AvgIpc) is 3.50. The van der Waals surface area contributed by atoms with Gasteiger partial charge in [0.05, 0.1) is 28.9 Å². The van der Waals surface area contributed by atoms with Crippen LogP contribution in [0.2, 0.25) is 0 Å². The highest BCUT2D eigenvalue weighted by Crippen LogP contribution is 2.20. The number of imidazole rings is 1. The number of nitrogens with zero attached hydrogens (tertiary/aromatic N) is 4. The molecule has 0 radical (unpaired) electrons. The number of amides is 2. The van der Waals surface area contributed by atoms with E-state index in [-0.39, 0.29) is 24.0 Å². The lowest BCUT2D eigenvalue weighted by Gasteiger charge is -1.99. The van der Waals surface area contributed by atoms with E-state index in [1.165, 1.54) is 11.3 Å². The summed E-state index contributed by atoms with van der Waals surface area (Å²) in [6.07, 6.45) is 1.37. The molecule has 0 unspecified atom stereocenters. The van der Waals surface area contributed by atoms with Crippen LogP contribution in [0.15, 0.2) is 39.3 Å². The number of nitrogens with one attached hydrogen (secondary N) is 3. The van der Waals surface area contributed by atoms with Crippen LogP contribution < -0.4 is 10.6 Å². The lowest BCUT2D eigenvalue weighted by molar-refractivity contribution is -0.120. The number of para-hydroxylation sites is 2. The molecule has 0 aliphatic rings. The number of hydrogen-bond donors (Lipinski definition) is 3. The minimum absolute atomic E-state index is 0.107. The third-order valence-electron chi connectivity index (χ3n) is 4.21. The van der Waals surface area contributed by atoms with Crippen LogP contribution in [0.3, 0.4) is 0 Å². The minimum Gasteiger partial charge on any atom is -0.416 e. The van der Waals surface area contributed by atoms with Gasteiger partial charge in [0, 0.05) is 25.3 Å². The van der Waals surface area contributed by atoms with E-state index in [2.05, 4.69) is 35.8 Å². The van der Waals surface area contributed by atoms with Gasteiger partial charge in [-0.2, -0.15) is 0 Å². The fraction of sp³-hybridized carbons (Fsp3) is 0.263. The van der Waals surface area contributed by atoms with Gasteiger partial charge in [0.2, 0.25) is 17.7 Å². The van der Waals surface area contributed by atoms with Crippen LogP contribution in [0.5, 0.6) is 0 Å². The zero-order valence-corrected chi connectivity index (χ0v) is 18.2. The van der Waals surface area contributed by atoms with Gasteiger partial charge in [-0.25, -0.2) is 9.97 Å². The van der Waals surface area contributed by atoms with E-state index in [0.717, 1.165) is 28.6 Å². The summed E-state index contributed by atoms with van der Waals surface area (Å²) in [5, 5.41) is 15.8. The maximum Gasteiger partial charge on any atom is 0.277 e. The number of aromatic amines is 1. The van der Waals surface area contributed by atoms with Gasteiger partial charge in [-0.15, -0.1) is 21.5 Å². The van der Waals surface area contributed by atoms with E-state index in [9.17, 15) is 9.59 Å². The standard InChI is InChI=1S/C19H19N7O3S2/c1-20-15(27)8-11-9-30-18(21-11)24-16(28)10-31-19-26-25-17(29-19)7-6-14-22-12-4-2-3-5-13(12)23-14/h2-5,9H,6-8,10H2,1H3,(H,20,27)(H,22,23)(H,21,24,28). The van der Waals surface area contributed by atoms with Gasteiger partial charge in [-0.1, -0.05) is 23.9 Å². The molecule has 31 heavy (non-hydrogen) atoms. The first-order valence-corrected chi connectivity index (χ1v) is 11.3. The molecule has 0 bridgehead atoms. The maximum absolute atomic E-state index is 12.1. The van der Waals surface area contributed by atoms with Crippen molar-refractivity contribution in [2.45, 2.75) is 24.5 Å². The molecule has 2 amide bonds. The largest absolute Gasteiger partial charge is 0.416 e. The van der Waals surface area contributed by atoms with Crippen molar-refractivity contribution in [1.82, 2.24) is 30.5 Å². The number of carbonyl (C=O) groups excluding carboxylic acids is 2. The summed E-state index contributed by atoms with van der Waals surface area (Å²) in [5.41, 5.74) is 2.52. The first kappa shape index (κ1) is 21.0. The smallest absolute Gasteiger partial charge is 0.277 e. The Kier molecular flexibility index (Phi) is 6.57. The van der Waals surface area contributed by atoms with Crippen molar-refractivity contribution in [1.29, 1.82) is 0 Å². The number of anilines is 1. The second-order valence-electron chi connectivity index (χ2n) is 6.49. The number of aromatic nitrogens is 5. The van der Waals surface area contributed by atoms with E-state index in [1.54, 1.807) is 12.4 Å². The summed E-state index contributed by atoms with van der Waals surface area (Å²) < 4.78 is 5.60. The van der Waals surface area contributed by atoms with E-state index in [1.807, 2.05) is 24.3 Å². The lowest BCUT2D eigenvalue weighted by Crippen LogP contribution is -2.20. The van der Waals surface area contributed by atoms with Crippen molar-refractivity contribution in [3.8, 4) is 0 Å². The first-order chi connectivity index (χ1) is 15.1. The molecular formula is C19H19N7O3S2. The van der Waals surface area contributed by atoms with Crippen LogP contribution in [0, 0.1) is 0 Å². The molecule has 3 heterocycles. The van der Waals surface area contributed by atoms with Gasteiger partial charge in [0.15, 0.2) is 5.13 Å².